The van der Waals surface area contributed by atoms with Gasteiger partial charge in [0.1, 0.15) is 11.6 Å². The van der Waals surface area contributed by atoms with Crippen LogP contribution in [-0.4, -0.2) is 42.2 Å². The van der Waals surface area contributed by atoms with Gasteiger partial charge in [0, 0.05) is 6.04 Å². The van der Waals surface area contributed by atoms with E-state index in [2.05, 4.69) is 15.6 Å². The summed E-state index contributed by atoms with van der Waals surface area (Å²) in [4.78, 5) is 32.7. The number of nitrogens with one attached hydrogen (secondary N) is 3. The molecule has 1 aliphatic rings. The van der Waals surface area contributed by atoms with E-state index in [-0.39, 0.29) is 30.0 Å². The SMILES string of the molecule is COc1ccc(C[C@@H](NC(=O)N[C@H]2CC[C@H](C(=O)OC)CC2)c2nc3ccccc3[nH]2)cc1. The highest BCUT2D eigenvalue weighted by atomic mass is 16.5. The minimum absolute atomic E-state index is 0.0308. The predicted molar refractivity (Wildman–Crippen MR) is 125 cm³/mol. The van der Waals surface area contributed by atoms with Gasteiger partial charge in [-0.3, -0.25) is 4.79 Å². The summed E-state index contributed by atoms with van der Waals surface area (Å²) in [6, 6.07) is 15.1. The summed E-state index contributed by atoms with van der Waals surface area (Å²) in [5, 5.41) is 6.17. The summed E-state index contributed by atoms with van der Waals surface area (Å²) in [6.45, 7) is 0. The summed E-state index contributed by atoms with van der Waals surface area (Å²) in [7, 11) is 3.05. The number of hydrogen-bond acceptors (Lipinski definition) is 5. The number of amides is 2. The van der Waals surface area contributed by atoms with Crippen LogP contribution in [0, 0.1) is 5.92 Å². The second kappa shape index (κ2) is 10.4. The van der Waals surface area contributed by atoms with Crippen LogP contribution < -0.4 is 15.4 Å². The van der Waals surface area contributed by atoms with E-state index in [1.807, 2.05) is 48.5 Å². The molecule has 33 heavy (non-hydrogen) atoms. The molecule has 174 valence electrons. The van der Waals surface area contributed by atoms with Crippen molar-refractivity contribution in [2.75, 3.05) is 14.2 Å². The number of carbonyl (C=O) groups excluding carboxylic acids is 2. The third kappa shape index (κ3) is 5.63. The summed E-state index contributed by atoms with van der Waals surface area (Å²) < 4.78 is 10.1. The van der Waals surface area contributed by atoms with Gasteiger partial charge in [0.25, 0.3) is 0 Å². The molecule has 2 aromatic carbocycles. The molecule has 0 spiro atoms. The quantitative estimate of drug-likeness (QED) is 0.474. The Balaban J connectivity index is 1.45. The van der Waals surface area contributed by atoms with Gasteiger partial charge in [0.15, 0.2) is 0 Å². The van der Waals surface area contributed by atoms with Gasteiger partial charge in [-0.25, -0.2) is 9.78 Å². The van der Waals surface area contributed by atoms with Crippen LogP contribution in [0.3, 0.4) is 0 Å². The van der Waals surface area contributed by atoms with Crippen LogP contribution in [0.15, 0.2) is 48.5 Å². The lowest BCUT2D eigenvalue weighted by Gasteiger charge is -2.28. The highest BCUT2D eigenvalue weighted by Crippen LogP contribution is 2.26. The number of rotatable bonds is 7. The Kier molecular flexibility index (Phi) is 7.12. The first kappa shape index (κ1) is 22.6. The molecule has 0 saturated heterocycles. The van der Waals surface area contributed by atoms with Gasteiger partial charge in [0.2, 0.25) is 0 Å². The van der Waals surface area contributed by atoms with Gasteiger partial charge >= 0.3 is 12.0 Å². The maximum Gasteiger partial charge on any atom is 0.315 e. The Morgan fingerprint density at radius 2 is 1.79 bits per heavy atom. The molecule has 1 heterocycles. The zero-order valence-electron chi connectivity index (χ0n) is 19.0. The van der Waals surface area contributed by atoms with Gasteiger partial charge in [-0.15, -0.1) is 0 Å². The molecular formula is C25H30N4O4. The van der Waals surface area contributed by atoms with E-state index in [9.17, 15) is 9.59 Å². The van der Waals surface area contributed by atoms with Crippen molar-refractivity contribution >= 4 is 23.0 Å². The number of methoxy groups -OCH3 is 2. The summed E-state index contributed by atoms with van der Waals surface area (Å²) in [5.41, 5.74) is 2.84. The third-order valence-electron chi connectivity index (χ3n) is 6.24. The van der Waals surface area contributed by atoms with Gasteiger partial charge in [-0.05, 0) is 61.9 Å². The zero-order valence-corrected chi connectivity index (χ0v) is 19.0. The number of fused-ring (bicyclic) bond motifs is 1. The fourth-order valence-corrected chi connectivity index (χ4v) is 4.38. The molecule has 1 atom stereocenters. The number of para-hydroxylation sites is 2. The molecule has 1 fully saturated rings. The zero-order chi connectivity index (χ0) is 23.2. The van der Waals surface area contributed by atoms with E-state index in [4.69, 9.17) is 14.5 Å². The Morgan fingerprint density at radius 1 is 1.06 bits per heavy atom. The summed E-state index contributed by atoms with van der Waals surface area (Å²) in [5.74, 6) is 1.25. The number of ether oxygens (including phenoxy) is 2. The largest absolute Gasteiger partial charge is 0.497 e. The van der Waals surface area contributed by atoms with Crippen LogP contribution in [-0.2, 0) is 16.0 Å². The third-order valence-corrected chi connectivity index (χ3v) is 6.24. The highest BCUT2D eigenvalue weighted by molar-refractivity contribution is 5.77. The first-order valence-corrected chi connectivity index (χ1v) is 11.3. The fourth-order valence-electron chi connectivity index (χ4n) is 4.38. The summed E-state index contributed by atoms with van der Waals surface area (Å²) in [6.07, 6.45) is 3.52. The van der Waals surface area contributed by atoms with Crippen molar-refractivity contribution in [2.45, 2.75) is 44.2 Å². The number of imidazole rings is 1. The van der Waals surface area contributed by atoms with E-state index in [0.29, 0.717) is 12.2 Å². The van der Waals surface area contributed by atoms with E-state index < -0.39 is 0 Å². The molecular weight excluding hydrogens is 420 g/mol. The number of carbonyl (C=O) groups is 2. The molecule has 3 N–H and O–H groups in total. The molecule has 1 aromatic heterocycles. The molecule has 0 radical (unpaired) electrons. The van der Waals surface area contributed by atoms with Crippen LogP contribution in [0.25, 0.3) is 11.0 Å². The number of aromatic nitrogens is 2. The number of nitrogens with zero attached hydrogens (tertiary/aromatic N) is 1. The topological polar surface area (TPSA) is 105 Å². The van der Waals surface area contributed by atoms with Crippen LogP contribution in [0.2, 0.25) is 0 Å². The molecule has 1 aliphatic carbocycles. The lowest BCUT2D eigenvalue weighted by molar-refractivity contribution is -0.146. The monoisotopic (exact) mass is 450 g/mol. The molecule has 3 aromatic rings. The van der Waals surface area contributed by atoms with Crippen LogP contribution >= 0.6 is 0 Å². The van der Waals surface area contributed by atoms with E-state index in [0.717, 1.165) is 48.0 Å². The van der Waals surface area contributed by atoms with Crippen molar-refractivity contribution in [1.29, 1.82) is 0 Å². The van der Waals surface area contributed by atoms with Gasteiger partial charge in [0.05, 0.1) is 37.2 Å². The molecule has 4 rings (SSSR count). The minimum atomic E-state index is -0.336. The molecule has 0 aliphatic heterocycles. The molecule has 0 bridgehead atoms. The normalized spacial score (nSPS) is 19.0. The lowest BCUT2D eigenvalue weighted by Crippen LogP contribution is -2.45. The second-order valence-corrected chi connectivity index (χ2v) is 8.43. The van der Waals surface area contributed by atoms with Crippen molar-refractivity contribution in [3.05, 3.63) is 59.9 Å². The number of H-pyrrole nitrogens is 1. The number of esters is 1. The second-order valence-electron chi connectivity index (χ2n) is 8.43. The average Bonchev–Trinajstić information content (AvgIpc) is 3.28. The molecule has 8 nitrogen and oxygen atoms in total. The van der Waals surface area contributed by atoms with E-state index in [1.165, 1.54) is 7.11 Å². The molecule has 8 heteroatoms. The average molecular weight is 451 g/mol. The Bertz CT molecular complexity index is 1050. The first-order chi connectivity index (χ1) is 16.1. The Labute approximate surface area is 193 Å². The first-order valence-electron chi connectivity index (χ1n) is 11.3. The van der Waals surface area contributed by atoms with E-state index >= 15 is 0 Å². The highest BCUT2D eigenvalue weighted by Gasteiger charge is 2.28. The van der Waals surface area contributed by atoms with Gasteiger partial charge in [-0.1, -0.05) is 24.3 Å². The molecule has 0 unspecified atom stereocenters. The van der Waals surface area contributed by atoms with Gasteiger partial charge < -0.3 is 25.1 Å². The maximum absolute atomic E-state index is 12.9. The maximum atomic E-state index is 12.9. The molecule has 2 amide bonds. The van der Waals surface area contributed by atoms with Crippen LogP contribution in [0.5, 0.6) is 5.75 Å². The van der Waals surface area contributed by atoms with Crippen molar-refractivity contribution in [3.63, 3.8) is 0 Å². The van der Waals surface area contributed by atoms with Gasteiger partial charge in [-0.2, -0.15) is 0 Å². The fraction of sp³-hybridized carbons (Fsp3) is 0.400. The lowest BCUT2D eigenvalue weighted by atomic mass is 9.86. The number of hydrogen-bond donors (Lipinski definition) is 3. The number of aromatic amines is 1. The Morgan fingerprint density at radius 3 is 2.45 bits per heavy atom. The van der Waals surface area contributed by atoms with Crippen molar-refractivity contribution in [1.82, 2.24) is 20.6 Å². The Hall–Kier alpha value is -3.55. The van der Waals surface area contributed by atoms with Crippen molar-refractivity contribution in [2.24, 2.45) is 5.92 Å². The summed E-state index contributed by atoms with van der Waals surface area (Å²) >= 11 is 0. The van der Waals surface area contributed by atoms with Crippen molar-refractivity contribution in [3.8, 4) is 5.75 Å². The minimum Gasteiger partial charge on any atom is -0.497 e. The predicted octanol–water partition coefficient (Wildman–Crippen LogP) is 3.89. The standard InChI is InChI=1S/C25H30N4O4/c1-32-19-13-7-16(8-14-19)15-22(23-27-20-5-3-4-6-21(20)28-23)29-25(31)26-18-11-9-17(10-12-18)24(30)33-2/h3-8,13-14,17-18,22H,9-12,15H2,1-2H3,(H,27,28)(H2,26,29,31)/t17-,18-,22-/m1/s1. The van der Waals surface area contributed by atoms with Crippen molar-refractivity contribution < 1.29 is 19.1 Å². The molecule has 1 saturated carbocycles. The number of urea groups is 1. The van der Waals surface area contributed by atoms with Crippen LogP contribution in [0.1, 0.15) is 43.1 Å². The van der Waals surface area contributed by atoms with Crippen LogP contribution in [0.4, 0.5) is 4.79 Å². The van der Waals surface area contributed by atoms with E-state index in [1.54, 1.807) is 7.11 Å². The smallest absolute Gasteiger partial charge is 0.315 e. The number of benzene rings is 2.